The van der Waals surface area contributed by atoms with Gasteiger partial charge in [0, 0.05) is 25.2 Å². The van der Waals surface area contributed by atoms with Crippen LogP contribution in [0.4, 0.5) is 0 Å². The molecule has 1 aliphatic carbocycles. The van der Waals surface area contributed by atoms with Crippen LogP contribution in [-0.2, 0) is 4.79 Å². The van der Waals surface area contributed by atoms with Crippen molar-refractivity contribution in [2.45, 2.75) is 31.2 Å². The number of aliphatic hydroxyl groups is 1. The minimum atomic E-state index is -0.0699. The summed E-state index contributed by atoms with van der Waals surface area (Å²) in [7, 11) is 0. The van der Waals surface area contributed by atoms with E-state index in [2.05, 4.69) is 4.90 Å². The minimum Gasteiger partial charge on any atom is -0.396 e. The van der Waals surface area contributed by atoms with E-state index < -0.39 is 0 Å². The fourth-order valence-electron chi connectivity index (χ4n) is 3.69. The highest BCUT2D eigenvalue weighted by Gasteiger charge is 2.51. The van der Waals surface area contributed by atoms with Gasteiger partial charge in [0.25, 0.3) is 0 Å². The molecule has 2 saturated heterocycles. The molecule has 1 saturated carbocycles. The molecule has 19 heavy (non-hydrogen) atoms. The summed E-state index contributed by atoms with van der Waals surface area (Å²) in [6.45, 7) is 4.29. The van der Waals surface area contributed by atoms with Crippen molar-refractivity contribution in [3.05, 3.63) is 0 Å². The predicted molar refractivity (Wildman–Crippen MR) is 72.5 cm³/mol. The fraction of sp³-hybridized carbons (Fsp3) is 0.929. The highest BCUT2D eigenvalue weighted by Crippen LogP contribution is 2.42. The van der Waals surface area contributed by atoms with Gasteiger partial charge in [-0.3, -0.25) is 9.69 Å². The molecule has 0 aromatic rings. The van der Waals surface area contributed by atoms with Crippen molar-refractivity contribution in [2.24, 2.45) is 17.6 Å². The van der Waals surface area contributed by atoms with Gasteiger partial charge in [-0.05, 0) is 50.6 Å². The lowest BCUT2D eigenvalue weighted by molar-refractivity contribution is -0.132. The molecule has 0 spiro atoms. The highest BCUT2D eigenvalue weighted by atomic mass is 16.3. The summed E-state index contributed by atoms with van der Waals surface area (Å²) >= 11 is 0. The van der Waals surface area contributed by atoms with Gasteiger partial charge < -0.3 is 15.7 Å². The van der Waals surface area contributed by atoms with Crippen molar-refractivity contribution in [1.29, 1.82) is 0 Å². The number of likely N-dealkylation sites (tertiary alicyclic amines) is 2. The maximum absolute atomic E-state index is 12.3. The number of aliphatic hydroxyl groups excluding tert-OH is 1. The zero-order valence-electron chi connectivity index (χ0n) is 11.6. The van der Waals surface area contributed by atoms with Gasteiger partial charge in [-0.1, -0.05) is 0 Å². The van der Waals surface area contributed by atoms with E-state index in [1.165, 1.54) is 6.42 Å². The average Bonchev–Trinajstić information content (AvgIpc) is 2.64. The lowest BCUT2D eigenvalue weighted by atomic mass is 9.70. The van der Waals surface area contributed by atoms with Gasteiger partial charge in [-0.15, -0.1) is 0 Å². The van der Waals surface area contributed by atoms with Crippen molar-refractivity contribution in [3.63, 3.8) is 0 Å². The van der Waals surface area contributed by atoms with E-state index in [0.717, 1.165) is 45.4 Å². The Kier molecular flexibility index (Phi) is 3.53. The molecule has 3 rings (SSSR count). The SMILES string of the molecule is N[C@]12CC[C@H]1CN(C(=O)CN1CCC(CO)CC1)C2. The van der Waals surface area contributed by atoms with Gasteiger partial charge in [-0.25, -0.2) is 0 Å². The number of piperidine rings is 1. The largest absolute Gasteiger partial charge is 0.396 e. The Morgan fingerprint density at radius 2 is 2.05 bits per heavy atom. The molecule has 0 unspecified atom stereocenters. The van der Waals surface area contributed by atoms with Crippen molar-refractivity contribution < 1.29 is 9.90 Å². The molecule has 108 valence electrons. The van der Waals surface area contributed by atoms with Crippen LogP contribution in [0, 0.1) is 11.8 Å². The molecule has 0 bridgehead atoms. The van der Waals surface area contributed by atoms with Crippen LogP contribution in [-0.4, -0.2) is 65.7 Å². The minimum absolute atomic E-state index is 0.0699. The van der Waals surface area contributed by atoms with Crippen LogP contribution in [0.1, 0.15) is 25.7 Å². The summed E-state index contributed by atoms with van der Waals surface area (Å²) in [5.41, 5.74) is 6.20. The smallest absolute Gasteiger partial charge is 0.236 e. The molecule has 2 heterocycles. The second-order valence-corrected chi connectivity index (χ2v) is 6.65. The number of carbonyl (C=O) groups excluding carboxylic acids is 1. The molecular formula is C14H25N3O2. The lowest BCUT2D eigenvalue weighted by Crippen LogP contribution is -2.55. The van der Waals surface area contributed by atoms with E-state index in [1.54, 1.807) is 0 Å². The molecule has 0 aromatic carbocycles. The first-order valence-electron chi connectivity index (χ1n) is 7.50. The summed E-state index contributed by atoms with van der Waals surface area (Å²) < 4.78 is 0. The summed E-state index contributed by atoms with van der Waals surface area (Å²) in [5, 5.41) is 9.12. The lowest BCUT2D eigenvalue weighted by Gasteiger charge is -2.40. The first-order chi connectivity index (χ1) is 9.10. The van der Waals surface area contributed by atoms with E-state index in [1.807, 2.05) is 4.90 Å². The molecule has 1 amide bonds. The zero-order chi connectivity index (χ0) is 13.5. The van der Waals surface area contributed by atoms with E-state index in [4.69, 9.17) is 10.8 Å². The Hall–Kier alpha value is -0.650. The van der Waals surface area contributed by atoms with Crippen LogP contribution in [0.3, 0.4) is 0 Å². The molecule has 2 aliphatic heterocycles. The maximum atomic E-state index is 12.3. The molecule has 3 fully saturated rings. The van der Waals surface area contributed by atoms with Crippen molar-refractivity contribution in [2.75, 3.05) is 39.3 Å². The van der Waals surface area contributed by atoms with E-state index in [-0.39, 0.29) is 18.1 Å². The van der Waals surface area contributed by atoms with Gasteiger partial charge in [0.05, 0.1) is 6.54 Å². The van der Waals surface area contributed by atoms with Crippen LogP contribution in [0.2, 0.25) is 0 Å². The molecule has 5 nitrogen and oxygen atoms in total. The molecule has 3 aliphatic rings. The second kappa shape index (κ2) is 5.04. The number of nitrogens with zero attached hydrogens (tertiary/aromatic N) is 2. The number of rotatable bonds is 3. The van der Waals surface area contributed by atoms with E-state index in [9.17, 15) is 4.79 Å². The normalized spacial score (nSPS) is 36.1. The van der Waals surface area contributed by atoms with Gasteiger partial charge in [0.1, 0.15) is 0 Å². The first kappa shape index (κ1) is 13.3. The third kappa shape index (κ3) is 2.51. The van der Waals surface area contributed by atoms with Crippen molar-refractivity contribution >= 4 is 5.91 Å². The van der Waals surface area contributed by atoms with Crippen molar-refractivity contribution in [3.8, 4) is 0 Å². The van der Waals surface area contributed by atoms with Crippen LogP contribution >= 0.6 is 0 Å². The molecule has 0 radical (unpaired) electrons. The Labute approximate surface area is 114 Å². The van der Waals surface area contributed by atoms with Crippen LogP contribution < -0.4 is 5.73 Å². The third-order valence-electron chi connectivity index (χ3n) is 5.37. The number of hydrogen-bond donors (Lipinski definition) is 2. The van der Waals surface area contributed by atoms with Gasteiger partial charge in [-0.2, -0.15) is 0 Å². The fourth-order valence-corrected chi connectivity index (χ4v) is 3.69. The van der Waals surface area contributed by atoms with Gasteiger partial charge >= 0.3 is 0 Å². The van der Waals surface area contributed by atoms with Crippen LogP contribution in [0.5, 0.6) is 0 Å². The molecule has 2 atom stereocenters. The van der Waals surface area contributed by atoms with Crippen molar-refractivity contribution in [1.82, 2.24) is 9.80 Å². The Morgan fingerprint density at radius 3 is 2.53 bits per heavy atom. The second-order valence-electron chi connectivity index (χ2n) is 6.65. The number of fused-ring (bicyclic) bond motifs is 1. The Morgan fingerprint density at radius 1 is 1.32 bits per heavy atom. The maximum Gasteiger partial charge on any atom is 0.236 e. The topological polar surface area (TPSA) is 69.8 Å². The Bertz CT molecular complexity index is 355. The van der Waals surface area contributed by atoms with Gasteiger partial charge in [0.15, 0.2) is 0 Å². The molecule has 3 N–H and O–H groups in total. The number of amides is 1. The number of nitrogens with two attached hydrogens (primary N) is 1. The molecule has 0 aromatic heterocycles. The first-order valence-corrected chi connectivity index (χ1v) is 7.50. The summed E-state index contributed by atoms with van der Waals surface area (Å²) in [5.74, 6) is 1.21. The quantitative estimate of drug-likeness (QED) is 0.733. The van der Waals surface area contributed by atoms with Crippen LogP contribution in [0.15, 0.2) is 0 Å². The predicted octanol–water partition coefficient (Wildman–Crippen LogP) is -0.360. The summed E-state index contributed by atoms with van der Waals surface area (Å²) in [4.78, 5) is 16.5. The Balaban J connectivity index is 1.47. The summed E-state index contributed by atoms with van der Waals surface area (Å²) in [6.07, 6.45) is 4.27. The highest BCUT2D eigenvalue weighted by molar-refractivity contribution is 5.79. The summed E-state index contributed by atoms with van der Waals surface area (Å²) in [6, 6.07) is 0. The standard InChI is InChI=1S/C14H25N3O2/c15-14-4-1-12(14)7-17(10-14)13(19)8-16-5-2-11(9-18)3-6-16/h11-12,18H,1-10,15H2/t12-,14-/m0/s1. The average molecular weight is 267 g/mol. The third-order valence-corrected chi connectivity index (χ3v) is 5.37. The van der Waals surface area contributed by atoms with Gasteiger partial charge in [0.2, 0.25) is 5.91 Å². The monoisotopic (exact) mass is 267 g/mol. The molecular weight excluding hydrogens is 242 g/mol. The number of carbonyl (C=O) groups is 1. The van der Waals surface area contributed by atoms with Crippen LogP contribution in [0.25, 0.3) is 0 Å². The molecule has 5 heteroatoms. The van der Waals surface area contributed by atoms with E-state index in [0.29, 0.717) is 18.4 Å². The van der Waals surface area contributed by atoms with E-state index >= 15 is 0 Å². The number of hydrogen-bond acceptors (Lipinski definition) is 4. The zero-order valence-corrected chi connectivity index (χ0v) is 11.6.